The van der Waals surface area contributed by atoms with Gasteiger partial charge in [0.15, 0.2) is 0 Å². The van der Waals surface area contributed by atoms with Crippen molar-refractivity contribution in [3.05, 3.63) is 388 Å². The average molecular weight is 1370 g/mol. The van der Waals surface area contributed by atoms with E-state index in [9.17, 15) is 0 Å². The summed E-state index contributed by atoms with van der Waals surface area (Å²) in [5, 5.41) is 14.7. The van der Waals surface area contributed by atoms with Crippen molar-refractivity contribution < 1.29 is 0 Å². The fourth-order valence-electron chi connectivity index (χ4n) is 18.2. The molecule has 0 aliphatic carbocycles. The fourth-order valence-corrected chi connectivity index (χ4v) is 18.2. The molecule has 23 rings (SSSR count). The second-order valence-corrected chi connectivity index (χ2v) is 28.8. The Morgan fingerprint density at radius 3 is 0.463 bits per heavy atom. The molecule has 0 bridgehead atoms. The SMILES string of the molecule is c1cc(-c2ccc3c(c2)c2cc(-c4cccc(-n5c6ccccc6c6ccccc65)c4)ccc2n3-c2cccc(-n3c4ccc(-c5cccc(-n6c7ccccc7c7ccccc76)c5)cc4c4cc(-c5cccc(-n6c7ccccc7c7ccccc76)c5)ccc43)c2)cc(-n2c3ccccc3c3ccccc32)c1. The van der Waals surface area contributed by atoms with Crippen molar-refractivity contribution >= 4 is 131 Å². The van der Waals surface area contributed by atoms with Crippen LogP contribution >= 0.6 is 0 Å². The van der Waals surface area contributed by atoms with Crippen LogP contribution in [0.4, 0.5) is 0 Å². The molecule has 108 heavy (non-hydrogen) atoms. The largest absolute Gasteiger partial charge is 0.309 e. The normalized spacial score (nSPS) is 12.1. The highest BCUT2D eigenvalue weighted by Gasteiger charge is 2.23. The molecule has 0 atom stereocenters. The molecule has 17 aromatic carbocycles. The number of nitrogens with zero attached hydrogens (tertiary/aromatic N) is 6. The van der Waals surface area contributed by atoms with Crippen molar-refractivity contribution in [2.45, 2.75) is 0 Å². The molecule has 0 unspecified atom stereocenters. The van der Waals surface area contributed by atoms with Crippen LogP contribution in [-0.2, 0) is 0 Å². The molecule has 0 radical (unpaired) electrons. The molecule has 0 N–H and O–H groups in total. The Labute approximate surface area is 621 Å². The topological polar surface area (TPSA) is 29.6 Å². The van der Waals surface area contributed by atoms with Crippen LogP contribution in [0.1, 0.15) is 0 Å². The molecule has 0 fully saturated rings. The van der Waals surface area contributed by atoms with E-state index in [1.54, 1.807) is 0 Å². The predicted molar refractivity (Wildman–Crippen MR) is 454 cm³/mol. The van der Waals surface area contributed by atoms with E-state index in [-0.39, 0.29) is 0 Å². The molecule has 0 amide bonds. The van der Waals surface area contributed by atoms with E-state index in [1.165, 1.54) is 109 Å². The fraction of sp³-hybridized carbons (Fsp3) is 0. The summed E-state index contributed by atoms with van der Waals surface area (Å²) in [7, 11) is 0. The molecule has 6 aromatic heterocycles. The zero-order chi connectivity index (χ0) is 70.7. The van der Waals surface area contributed by atoms with Gasteiger partial charge >= 0.3 is 0 Å². The molecule has 6 heterocycles. The molecule has 0 saturated carbocycles. The van der Waals surface area contributed by atoms with Gasteiger partial charge < -0.3 is 27.4 Å². The van der Waals surface area contributed by atoms with Gasteiger partial charge in [-0.3, -0.25) is 0 Å². The second kappa shape index (κ2) is 23.5. The van der Waals surface area contributed by atoms with Crippen LogP contribution < -0.4 is 0 Å². The third-order valence-corrected chi connectivity index (χ3v) is 22.9. The lowest BCUT2D eigenvalue weighted by atomic mass is 9.99. The highest BCUT2D eigenvalue weighted by Crippen LogP contribution is 2.45. The predicted octanol–water partition coefficient (Wildman–Crippen LogP) is 26.9. The van der Waals surface area contributed by atoms with Gasteiger partial charge in [0.05, 0.1) is 66.2 Å². The monoisotopic (exact) mass is 1370 g/mol. The van der Waals surface area contributed by atoms with Gasteiger partial charge in [-0.2, -0.15) is 0 Å². The maximum absolute atomic E-state index is 2.49. The van der Waals surface area contributed by atoms with Crippen LogP contribution in [-0.4, -0.2) is 27.4 Å². The first-order valence-corrected chi connectivity index (χ1v) is 37.2. The van der Waals surface area contributed by atoms with Crippen molar-refractivity contribution in [2.75, 3.05) is 0 Å². The molecular weight excluding hydrogens is 1310 g/mol. The third kappa shape index (κ3) is 9.08. The maximum Gasteiger partial charge on any atom is 0.0541 e. The molecule has 0 aliphatic rings. The Balaban J connectivity index is 0.703. The Hall–Kier alpha value is -14.5. The van der Waals surface area contributed by atoms with Crippen LogP contribution in [0.2, 0.25) is 0 Å². The first kappa shape index (κ1) is 60.0. The van der Waals surface area contributed by atoms with Crippen molar-refractivity contribution in [3.63, 3.8) is 0 Å². The van der Waals surface area contributed by atoms with Crippen LogP contribution in [0.25, 0.3) is 209 Å². The summed E-state index contributed by atoms with van der Waals surface area (Å²) < 4.78 is 14.6. The number of hydrogen-bond donors (Lipinski definition) is 0. The van der Waals surface area contributed by atoms with Crippen LogP contribution in [0, 0.1) is 0 Å². The van der Waals surface area contributed by atoms with E-state index >= 15 is 0 Å². The maximum atomic E-state index is 2.49. The lowest BCUT2D eigenvalue weighted by molar-refractivity contribution is 1.13. The second-order valence-electron chi connectivity index (χ2n) is 28.8. The number of aromatic nitrogens is 6. The van der Waals surface area contributed by atoms with E-state index < -0.39 is 0 Å². The Bertz CT molecular complexity index is 6610. The number of benzene rings is 17. The van der Waals surface area contributed by atoms with Gasteiger partial charge in [-0.25, -0.2) is 0 Å². The zero-order valence-electron chi connectivity index (χ0n) is 58.6. The minimum Gasteiger partial charge on any atom is -0.309 e. The molecule has 23 aromatic rings. The number of rotatable bonds is 10. The highest BCUT2D eigenvalue weighted by atomic mass is 15.0. The molecule has 0 aliphatic heterocycles. The molecule has 6 nitrogen and oxygen atoms in total. The summed E-state index contributed by atoms with van der Waals surface area (Å²) in [5.41, 5.74) is 29.9. The molecule has 502 valence electrons. The number of hydrogen-bond acceptors (Lipinski definition) is 0. The molecule has 6 heteroatoms. The van der Waals surface area contributed by atoms with Gasteiger partial charge in [0.25, 0.3) is 0 Å². The molecule has 0 saturated heterocycles. The smallest absolute Gasteiger partial charge is 0.0541 e. The van der Waals surface area contributed by atoms with Crippen molar-refractivity contribution in [1.82, 2.24) is 27.4 Å². The Morgan fingerprint density at radius 1 is 0.102 bits per heavy atom. The number of para-hydroxylation sites is 8. The van der Waals surface area contributed by atoms with E-state index in [0.717, 1.165) is 101 Å². The van der Waals surface area contributed by atoms with Gasteiger partial charge in [-0.05, 0) is 208 Å². The minimum atomic E-state index is 1.07. The first-order chi connectivity index (χ1) is 53.6. The summed E-state index contributed by atoms with van der Waals surface area (Å²) in [6.07, 6.45) is 0. The quantitative estimate of drug-likeness (QED) is 0.131. The van der Waals surface area contributed by atoms with Crippen LogP contribution in [0.5, 0.6) is 0 Å². The minimum absolute atomic E-state index is 1.07. The lowest BCUT2D eigenvalue weighted by Crippen LogP contribution is -1.99. The third-order valence-electron chi connectivity index (χ3n) is 22.9. The van der Waals surface area contributed by atoms with Crippen molar-refractivity contribution in [2.24, 2.45) is 0 Å². The van der Waals surface area contributed by atoms with E-state index in [1.807, 2.05) is 0 Å². The lowest BCUT2D eigenvalue weighted by Gasteiger charge is -2.14. The standard InChI is InChI=1S/C102H64N6/c1-9-40-91-79(32-1)80-33-2-10-41-92(80)103(91)73-26-17-22-65(56-73)69-48-52-99-87(60-69)88-61-70(66-23-18-27-74(57-66)104-93-42-11-3-34-81(93)82-35-4-12-43-94(82)104)49-53-100(88)107(99)77-30-21-31-78(64-77)108-101-54-50-71(67-24-19-28-75(58-67)105-95-44-13-5-36-83(95)84-37-6-14-45-96(84)105)62-89(101)90-63-72(51-55-102(90)108)68-25-20-29-76(59-68)106-97-46-15-7-38-85(97)86-39-8-16-47-98(86)106/h1-64H. The summed E-state index contributed by atoms with van der Waals surface area (Å²) in [5.74, 6) is 0. The van der Waals surface area contributed by atoms with E-state index in [2.05, 4.69) is 416 Å². The summed E-state index contributed by atoms with van der Waals surface area (Å²) in [4.78, 5) is 0. The Kier molecular flexibility index (Phi) is 13.1. The zero-order valence-corrected chi connectivity index (χ0v) is 58.6. The first-order valence-electron chi connectivity index (χ1n) is 37.2. The highest BCUT2D eigenvalue weighted by molar-refractivity contribution is 6.16. The van der Waals surface area contributed by atoms with Gasteiger partial charge in [0.2, 0.25) is 0 Å². The average Bonchev–Trinajstić information content (AvgIpc) is 1.56. The van der Waals surface area contributed by atoms with Gasteiger partial charge in [-0.1, -0.05) is 224 Å². The van der Waals surface area contributed by atoms with Crippen LogP contribution in [0.3, 0.4) is 0 Å². The van der Waals surface area contributed by atoms with E-state index in [4.69, 9.17) is 0 Å². The van der Waals surface area contributed by atoms with Gasteiger partial charge in [-0.15, -0.1) is 0 Å². The summed E-state index contributed by atoms with van der Waals surface area (Å²) in [6.45, 7) is 0. The van der Waals surface area contributed by atoms with Gasteiger partial charge in [0.1, 0.15) is 0 Å². The van der Waals surface area contributed by atoms with Gasteiger partial charge in [0, 0.05) is 98.8 Å². The van der Waals surface area contributed by atoms with Crippen molar-refractivity contribution in [1.29, 1.82) is 0 Å². The summed E-state index contributed by atoms with van der Waals surface area (Å²) >= 11 is 0. The molecular formula is C102H64N6. The van der Waals surface area contributed by atoms with E-state index in [0.29, 0.717) is 0 Å². The number of fused-ring (bicyclic) bond motifs is 18. The van der Waals surface area contributed by atoms with Crippen molar-refractivity contribution in [3.8, 4) is 78.6 Å². The van der Waals surface area contributed by atoms with Crippen LogP contribution in [0.15, 0.2) is 388 Å². The Morgan fingerprint density at radius 2 is 0.259 bits per heavy atom. The molecule has 0 spiro atoms. The summed E-state index contributed by atoms with van der Waals surface area (Å²) in [6, 6.07) is 144.